The standard InChI is InChI=1S/C26H15F3N6O/c27-26(28,29)16-5-3-6-17(11-16)35-23-18(24(36)34-25(35)30)13-32-21-9-8-20(33-22(21)23)15-10-14-4-1-2-7-19(14)31-12-15/h1-13H,(H2,30,34,36). The Labute approximate surface area is 200 Å². The van der Waals surface area contributed by atoms with Gasteiger partial charge in [0, 0.05) is 29.0 Å². The number of hydrogen-bond acceptors (Lipinski definition) is 6. The van der Waals surface area contributed by atoms with E-state index in [4.69, 9.17) is 10.7 Å². The van der Waals surface area contributed by atoms with Crippen LogP contribution in [0, 0.1) is 0 Å². The van der Waals surface area contributed by atoms with E-state index in [0.29, 0.717) is 16.7 Å². The SMILES string of the molecule is Nc1nc(=O)c2cnc3ccc(-c4cnc5ccccc5c4)nc3c2n1-c1cccc(C(F)(F)F)c1. The molecular formula is C26H15F3N6O. The van der Waals surface area contributed by atoms with Crippen LogP contribution in [0.1, 0.15) is 5.56 Å². The fraction of sp³-hybridized carbons (Fsp3) is 0.0385. The molecule has 7 nitrogen and oxygen atoms in total. The third-order valence-corrected chi connectivity index (χ3v) is 5.90. The molecule has 0 fully saturated rings. The molecule has 0 saturated carbocycles. The van der Waals surface area contributed by atoms with Crippen molar-refractivity contribution in [1.29, 1.82) is 0 Å². The minimum atomic E-state index is -4.56. The smallest absolute Gasteiger partial charge is 0.369 e. The van der Waals surface area contributed by atoms with Gasteiger partial charge in [0.05, 0.1) is 33.2 Å². The first-order valence-corrected chi connectivity index (χ1v) is 10.8. The van der Waals surface area contributed by atoms with E-state index in [1.807, 2.05) is 30.3 Å². The predicted molar refractivity (Wildman–Crippen MR) is 131 cm³/mol. The molecule has 0 aliphatic heterocycles. The molecule has 4 heterocycles. The molecule has 176 valence electrons. The van der Waals surface area contributed by atoms with Crippen molar-refractivity contribution in [2.24, 2.45) is 0 Å². The highest BCUT2D eigenvalue weighted by molar-refractivity contribution is 6.02. The number of aromatic nitrogens is 5. The first-order valence-electron chi connectivity index (χ1n) is 10.8. The molecule has 36 heavy (non-hydrogen) atoms. The van der Waals surface area contributed by atoms with Crippen LogP contribution in [0.2, 0.25) is 0 Å². The lowest BCUT2D eigenvalue weighted by Gasteiger charge is -2.16. The number of fused-ring (bicyclic) bond motifs is 4. The predicted octanol–water partition coefficient (Wildman–Crippen LogP) is 5.15. The Morgan fingerprint density at radius 2 is 1.64 bits per heavy atom. The largest absolute Gasteiger partial charge is 0.416 e. The maximum Gasteiger partial charge on any atom is 0.416 e. The molecule has 0 unspecified atom stereocenters. The third kappa shape index (κ3) is 3.50. The summed E-state index contributed by atoms with van der Waals surface area (Å²) in [5, 5.41) is 0.998. The van der Waals surface area contributed by atoms with Gasteiger partial charge < -0.3 is 5.73 Å². The summed E-state index contributed by atoms with van der Waals surface area (Å²) in [5.74, 6) is -0.265. The van der Waals surface area contributed by atoms with E-state index in [1.165, 1.54) is 22.9 Å². The number of benzene rings is 2. The molecule has 0 spiro atoms. The number of rotatable bonds is 2. The fourth-order valence-electron chi connectivity index (χ4n) is 4.22. The second kappa shape index (κ2) is 7.84. The van der Waals surface area contributed by atoms with Gasteiger partial charge in [-0.2, -0.15) is 18.2 Å². The van der Waals surface area contributed by atoms with Crippen molar-refractivity contribution >= 4 is 38.8 Å². The van der Waals surface area contributed by atoms with Crippen molar-refractivity contribution in [2.45, 2.75) is 6.18 Å². The van der Waals surface area contributed by atoms with Crippen LogP contribution < -0.4 is 11.3 Å². The highest BCUT2D eigenvalue weighted by Crippen LogP contribution is 2.33. The number of alkyl halides is 3. The minimum Gasteiger partial charge on any atom is -0.369 e. The van der Waals surface area contributed by atoms with Crippen LogP contribution in [0.15, 0.2) is 83.9 Å². The third-order valence-electron chi connectivity index (χ3n) is 5.90. The number of pyridine rings is 3. The van der Waals surface area contributed by atoms with Gasteiger partial charge in [0.2, 0.25) is 5.95 Å². The molecular weight excluding hydrogens is 469 g/mol. The lowest BCUT2D eigenvalue weighted by atomic mass is 10.1. The van der Waals surface area contributed by atoms with Crippen LogP contribution in [-0.2, 0) is 6.18 Å². The number of nitrogens with two attached hydrogens (primary N) is 1. The zero-order valence-corrected chi connectivity index (χ0v) is 18.4. The Morgan fingerprint density at radius 1 is 0.833 bits per heavy atom. The molecule has 0 radical (unpaired) electrons. The van der Waals surface area contributed by atoms with E-state index in [-0.39, 0.29) is 22.5 Å². The van der Waals surface area contributed by atoms with Crippen molar-refractivity contribution < 1.29 is 13.2 Å². The monoisotopic (exact) mass is 484 g/mol. The molecule has 0 aliphatic carbocycles. The fourth-order valence-corrected chi connectivity index (χ4v) is 4.22. The van der Waals surface area contributed by atoms with E-state index in [0.717, 1.165) is 28.6 Å². The van der Waals surface area contributed by atoms with Gasteiger partial charge in [-0.25, -0.2) is 4.98 Å². The van der Waals surface area contributed by atoms with E-state index in [9.17, 15) is 18.0 Å². The molecule has 4 aromatic heterocycles. The van der Waals surface area contributed by atoms with Gasteiger partial charge in [0.1, 0.15) is 5.52 Å². The Hall–Kier alpha value is -4.86. The molecule has 0 saturated heterocycles. The number of para-hydroxylation sites is 1. The van der Waals surface area contributed by atoms with Crippen LogP contribution in [0.25, 0.3) is 49.8 Å². The average molecular weight is 484 g/mol. The molecule has 6 rings (SSSR count). The molecule has 10 heteroatoms. The lowest BCUT2D eigenvalue weighted by molar-refractivity contribution is -0.137. The summed E-state index contributed by atoms with van der Waals surface area (Å²) < 4.78 is 41.6. The summed E-state index contributed by atoms with van der Waals surface area (Å²) in [4.78, 5) is 30.1. The zero-order valence-electron chi connectivity index (χ0n) is 18.4. The summed E-state index contributed by atoms with van der Waals surface area (Å²) in [5.41, 5.74) is 7.71. The van der Waals surface area contributed by atoms with E-state index >= 15 is 0 Å². The van der Waals surface area contributed by atoms with E-state index in [1.54, 1.807) is 18.3 Å². The molecule has 2 N–H and O–H groups in total. The van der Waals surface area contributed by atoms with Gasteiger partial charge in [-0.05, 0) is 42.5 Å². The summed E-state index contributed by atoms with van der Waals surface area (Å²) in [6, 6.07) is 17.7. The first-order chi connectivity index (χ1) is 17.3. The number of nitrogen functional groups attached to an aromatic ring is 1. The summed E-state index contributed by atoms with van der Waals surface area (Å²) in [6.45, 7) is 0. The summed E-state index contributed by atoms with van der Waals surface area (Å²) in [6.07, 6.45) is -1.55. The normalized spacial score (nSPS) is 12.0. The molecule has 0 bridgehead atoms. The molecule has 0 atom stereocenters. The molecule has 0 aliphatic rings. The van der Waals surface area contributed by atoms with Crippen LogP contribution >= 0.6 is 0 Å². The van der Waals surface area contributed by atoms with Crippen molar-refractivity contribution in [2.75, 3.05) is 5.73 Å². The number of anilines is 1. The minimum absolute atomic E-state index is 0.0791. The first kappa shape index (κ1) is 21.7. The maximum absolute atomic E-state index is 13.4. The average Bonchev–Trinajstić information content (AvgIpc) is 2.87. The highest BCUT2D eigenvalue weighted by Gasteiger charge is 2.31. The van der Waals surface area contributed by atoms with Crippen LogP contribution in [0.3, 0.4) is 0 Å². The lowest BCUT2D eigenvalue weighted by Crippen LogP contribution is -2.18. The van der Waals surface area contributed by atoms with Crippen molar-refractivity contribution in [1.82, 2.24) is 24.5 Å². The Kier molecular flexibility index (Phi) is 4.72. The van der Waals surface area contributed by atoms with Crippen LogP contribution in [-0.4, -0.2) is 24.5 Å². The van der Waals surface area contributed by atoms with Crippen molar-refractivity contribution in [3.63, 3.8) is 0 Å². The number of nitrogens with zero attached hydrogens (tertiary/aromatic N) is 5. The van der Waals surface area contributed by atoms with E-state index in [2.05, 4.69) is 15.0 Å². The Morgan fingerprint density at radius 3 is 2.47 bits per heavy atom. The van der Waals surface area contributed by atoms with Gasteiger partial charge >= 0.3 is 6.18 Å². The van der Waals surface area contributed by atoms with Gasteiger partial charge in [-0.1, -0.05) is 24.3 Å². The molecule has 6 aromatic rings. The summed E-state index contributed by atoms with van der Waals surface area (Å²) in [7, 11) is 0. The molecule has 2 aromatic carbocycles. The summed E-state index contributed by atoms with van der Waals surface area (Å²) >= 11 is 0. The van der Waals surface area contributed by atoms with Gasteiger partial charge in [0.25, 0.3) is 5.56 Å². The van der Waals surface area contributed by atoms with Crippen molar-refractivity contribution in [3.8, 4) is 16.9 Å². The second-order valence-electron chi connectivity index (χ2n) is 8.16. The molecule has 0 amide bonds. The Bertz CT molecular complexity index is 1880. The maximum atomic E-state index is 13.4. The van der Waals surface area contributed by atoms with Crippen molar-refractivity contribution in [3.05, 3.63) is 95.0 Å². The zero-order chi connectivity index (χ0) is 25.0. The van der Waals surface area contributed by atoms with Crippen LogP contribution in [0.4, 0.5) is 19.1 Å². The topological polar surface area (TPSA) is 99.6 Å². The van der Waals surface area contributed by atoms with Gasteiger partial charge in [0.15, 0.2) is 0 Å². The number of hydrogen-bond donors (Lipinski definition) is 1. The Balaban J connectivity index is 1.67. The van der Waals surface area contributed by atoms with Gasteiger partial charge in [-0.3, -0.25) is 19.3 Å². The highest BCUT2D eigenvalue weighted by atomic mass is 19.4. The van der Waals surface area contributed by atoms with Crippen LogP contribution in [0.5, 0.6) is 0 Å². The van der Waals surface area contributed by atoms with Gasteiger partial charge in [-0.15, -0.1) is 0 Å². The quantitative estimate of drug-likeness (QED) is 0.342. The number of halogens is 3. The van der Waals surface area contributed by atoms with E-state index < -0.39 is 17.3 Å². The second-order valence-corrected chi connectivity index (χ2v) is 8.16.